The van der Waals surface area contributed by atoms with Crippen molar-refractivity contribution in [3.63, 3.8) is 0 Å². The van der Waals surface area contributed by atoms with Crippen LogP contribution < -0.4 is 5.32 Å². The number of halogens is 1. The maximum absolute atomic E-state index is 3.71. The first-order valence-corrected chi connectivity index (χ1v) is 8.19. The second kappa shape index (κ2) is 7.41. The van der Waals surface area contributed by atoms with Crippen LogP contribution in [0, 0.1) is 0 Å². The van der Waals surface area contributed by atoms with Crippen LogP contribution in [0.1, 0.15) is 44.7 Å². The highest BCUT2D eigenvalue weighted by Gasteiger charge is 2.16. The lowest BCUT2D eigenvalue weighted by atomic mass is 10.1. The molecule has 1 aliphatic heterocycles. The van der Waals surface area contributed by atoms with Crippen molar-refractivity contribution in [1.82, 2.24) is 10.2 Å². The fourth-order valence-electron chi connectivity index (χ4n) is 2.92. The molecule has 106 valence electrons. The number of hydrogen-bond donors (Lipinski definition) is 1. The van der Waals surface area contributed by atoms with E-state index in [-0.39, 0.29) is 0 Å². The van der Waals surface area contributed by atoms with Crippen LogP contribution in [-0.4, -0.2) is 30.6 Å². The van der Waals surface area contributed by atoms with E-state index in [1.54, 1.807) is 0 Å². The van der Waals surface area contributed by atoms with Crippen LogP contribution in [0.3, 0.4) is 0 Å². The van der Waals surface area contributed by atoms with Gasteiger partial charge in [0.1, 0.15) is 0 Å². The Hall–Kier alpha value is -0.380. The van der Waals surface area contributed by atoms with Crippen molar-refractivity contribution in [1.29, 1.82) is 0 Å². The molecule has 0 aliphatic carbocycles. The van der Waals surface area contributed by atoms with Crippen molar-refractivity contribution in [2.24, 2.45) is 0 Å². The average Bonchev–Trinajstić information content (AvgIpc) is 2.40. The number of benzene rings is 1. The van der Waals surface area contributed by atoms with Gasteiger partial charge in [-0.3, -0.25) is 0 Å². The van der Waals surface area contributed by atoms with Gasteiger partial charge in [0.25, 0.3) is 0 Å². The summed E-state index contributed by atoms with van der Waals surface area (Å²) in [5.41, 5.74) is 1.34. The van der Waals surface area contributed by atoms with Crippen molar-refractivity contribution >= 4 is 15.9 Å². The molecule has 1 fully saturated rings. The summed E-state index contributed by atoms with van der Waals surface area (Å²) in [7, 11) is 0. The molecular formula is C16H25BrN2. The third kappa shape index (κ3) is 4.59. The molecule has 2 rings (SSSR count). The first kappa shape index (κ1) is 15.0. The molecule has 19 heavy (non-hydrogen) atoms. The molecule has 0 radical (unpaired) electrons. The lowest BCUT2D eigenvalue weighted by Crippen LogP contribution is -2.42. The summed E-state index contributed by atoms with van der Waals surface area (Å²) in [5, 5.41) is 3.71. The van der Waals surface area contributed by atoms with Gasteiger partial charge in [-0.25, -0.2) is 0 Å². The standard InChI is InChI=1S/C16H25BrN2/c1-13(12-19-10-6-3-7-11-19)18-14(2)15-8-4-5-9-16(15)17/h4-5,8-9,13-14,18H,3,6-7,10-12H2,1-2H3. The predicted molar refractivity (Wildman–Crippen MR) is 85.4 cm³/mol. The Morgan fingerprint density at radius 3 is 2.53 bits per heavy atom. The maximum Gasteiger partial charge on any atom is 0.0305 e. The molecule has 1 N–H and O–H groups in total. The number of rotatable bonds is 5. The zero-order chi connectivity index (χ0) is 13.7. The van der Waals surface area contributed by atoms with E-state index in [1.807, 2.05) is 0 Å². The Morgan fingerprint density at radius 1 is 1.16 bits per heavy atom. The Balaban J connectivity index is 1.84. The molecule has 1 aromatic rings. The third-order valence-corrected chi connectivity index (χ3v) is 4.61. The Bertz CT molecular complexity index is 388. The minimum absolute atomic E-state index is 0.385. The Morgan fingerprint density at radius 2 is 1.84 bits per heavy atom. The summed E-state index contributed by atoms with van der Waals surface area (Å²) in [4.78, 5) is 2.59. The van der Waals surface area contributed by atoms with Gasteiger partial charge in [0.15, 0.2) is 0 Å². The maximum atomic E-state index is 3.71. The van der Waals surface area contributed by atoms with Gasteiger partial charge in [-0.2, -0.15) is 0 Å². The molecular weight excluding hydrogens is 300 g/mol. The van der Waals surface area contributed by atoms with Gasteiger partial charge in [0, 0.05) is 23.1 Å². The van der Waals surface area contributed by atoms with Crippen molar-refractivity contribution < 1.29 is 0 Å². The third-order valence-electron chi connectivity index (χ3n) is 3.89. The smallest absolute Gasteiger partial charge is 0.0305 e. The SMILES string of the molecule is CC(CN1CCCCC1)NC(C)c1ccccc1Br. The van der Waals surface area contributed by atoms with Gasteiger partial charge in [0.05, 0.1) is 0 Å². The molecule has 0 aromatic heterocycles. The van der Waals surface area contributed by atoms with Crippen LogP contribution in [0.4, 0.5) is 0 Å². The summed E-state index contributed by atoms with van der Waals surface area (Å²) >= 11 is 3.63. The van der Waals surface area contributed by atoms with Crippen molar-refractivity contribution in [2.45, 2.75) is 45.2 Å². The van der Waals surface area contributed by atoms with Crippen LogP contribution in [0.25, 0.3) is 0 Å². The van der Waals surface area contributed by atoms with Gasteiger partial charge >= 0.3 is 0 Å². The van der Waals surface area contributed by atoms with E-state index < -0.39 is 0 Å². The second-order valence-electron chi connectivity index (χ2n) is 5.67. The minimum Gasteiger partial charge on any atom is -0.306 e. The van der Waals surface area contributed by atoms with E-state index in [0.29, 0.717) is 12.1 Å². The van der Waals surface area contributed by atoms with E-state index in [9.17, 15) is 0 Å². The van der Waals surface area contributed by atoms with Gasteiger partial charge in [-0.15, -0.1) is 0 Å². The number of piperidine rings is 1. The van der Waals surface area contributed by atoms with E-state index in [2.05, 4.69) is 64.3 Å². The van der Waals surface area contributed by atoms with Crippen LogP contribution in [0.15, 0.2) is 28.7 Å². The van der Waals surface area contributed by atoms with Gasteiger partial charge in [-0.05, 0) is 51.4 Å². The van der Waals surface area contributed by atoms with Crippen molar-refractivity contribution in [3.05, 3.63) is 34.3 Å². The molecule has 1 aromatic carbocycles. The summed E-state index contributed by atoms with van der Waals surface area (Å²) in [6.45, 7) is 8.24. The lowest BCUT2D eigenvalue weighted by molar-refractivity contribution is 0.205. The van der Waals surface area contributed by atoms with Gasteiger partial charge < -0.3 is 10.2 Å². The number of nitrogens with zero attached hydrogens (tertiary/aromatic N) is 1. The largest absolute Gasteiger partial charge is 0.306 e. The average molecular weight is 325 g/mol. The van der Waals surface area contributed by atoms with Crippen molar-refractivity contribution in [2.75, 3.05) is 19.6 Å². The minimum atomic E-state index is 0.385. The molecule has 1 aliphatic rings. The van der Waals surface area contributed by atoms with E-state index in [4.69, 9.17) is 0 Å². The molecule has 2 unspecified atom stereocenters. The fraction of sp³-hybridized carbons (Fsp3) is 0.625. The zero-order valence-electron chi connectivity index (χ0n) is 12.0. The molecule has 0 saturated carbocycles. The Labute approximate surface area is 125 Å². The molecule has 3 heteroatoms. The summed E-state index contributed by atoms with van der Waals surface area (Å²) < 4.78 is 1.19. The molecule has 0 bridgehead atoms. The predicted octanol–water partition coefficient (Wildman–Crippen LogP) is 3.97. The lowest BCUT2D eigenvalue weighted by Gasteiger charge is -2.31. The molecule has 0 spiro atoms. The number of hydrogen-bond acceptors (Lipinski definition) is 2. The quantitative estimate of drug-likeness (QED) is 0.881. The van der Waals surface area contributed by atoms with Crippen LogP contribution in [-0.2, 0) is 0 Å². The van der Waals surface area contributed by atoms with Crippen LogP contribution in [0.5, 0.6) is 0 Å². The highest BCUT2D eigenvalue weighted by Crippen LogP contribution is 2.23. The van der Waals surface area contributed by atoms with Crippen LogP contribution >= 0.6 is 15.9 Å². The first-order chi connectivity index (χ1) is 9.16. The molecule has 0 amide bonds. The van der Waals surface area contributed by atoms with E-state index >= 15 is 0 Å². The first-order valence-electron chi connectivity index (χ1n) is 7.39. The number of likely N-dealkylation sites (tertiary alicyclic amines) is 1. The molecule has 2 nitrogen and oxygen atoms in total. The Kier molecular flexibility index (Phi) is 5.86. The molecule has 2 atom stereocenters. The molecule has 1 saturated heterocycles. The summed E-state index contributed by atoms with van der Waals surface area (Å²) in [6.07, 6.45) is 4.14. The fourth-order valence-corrected chi connectivity index (χ4v) is 3.55. The summed E-state index contributed by atoms with van der Waals surface area (Å²) in [5.74, 6) is 0. The van der Waals surface area contributed by atoms with Crippen LogP contribution in [0.2, 0.25) is 0 Å². The second-order valence-corrected chi connectivity index (χ2v) is 6.53. The highest BCUT2D eigenvalue weighted by molar-refractivity contribution is 9.10. The topological polar surface area (TPSA) is 15.3 Å². The van der Waals surface area contributed by atoms with E-state index in [0.717, 1.165) is 6.54 Å². The zero-order valence-corrected chi connectivity index (χ0v) is 13.6. The van der Waals surface area contributed by atoms with Crippen molar-refractivity contribution in [3.8, 4) is 0 Å². The van der Waals surface area contributed by atoms with E-state index in [1.165, 1.54) is 42.4 Å². The van der Waals surface area contributed by atoms with Gasteiger partial charge in [0.2, 0.25) is 0 Å². The van der Waals surface area contributed by atoms with Gasteiger partial charge in [-0.1, -0.05) is 40.5 Å². The number of nitrogens with one attached hydrogen (secondary N) is 1. The summed E-state index contributed by atoms with van der Waals surface area (Å²) in [6, 6.07) is 9.39. The monoisotopic (exact) mass is 324 g/mol. The highest BCUT2D eigenvalue weighted by atomic mass is 79.9. The molecule has 1 heterocycles. The normalized spacial score (nSPS) is 20.2.